The number of nitrogens with one attached hydrogen (secondary N) is 2. The molecule has 7 nitrogen and oxygen atoms in total. The standard InChI is InChI=1S/C23H31N3O4S2/c1-3-4-5-6-9-16-32(24,30)19-12-13-22-18(17-19)14-15-26(22)23(27)20-10-7-8-11-21(20)25-31(2,28)29/h7-8,10-13,17,24-25H,3-6,9,14-16H2,1-2H3. The van der Waals surface area contributed by atoms with E-state index in [0.717, 1.165) is 43.9 Å². The number of fused-ring (bicyclic) bond motifs is 1. The number of hydrogen-bond donors (Lipinski definition) is 2. The maximum absolute atomic E-state index is 13.2. The zero-order valence-corrected chi connectivity index (χ0v) is 20.2. The average molecular weight is 478 g/mol. The van der Waals surface area contributed by atoms with Gasteiger partial charge in [0.15, 0.2) is 0 Å². The fourth-order valence-electron chi connectivity index (χ4n) is 3.92. The second-order valence-electron chi connectivity index (χ2n) is 8.21. The Labute approximate surface area is 191 Å². The van der Waals surface area contributed by atoms with Crippen molar-refractivity contribution in [3.05, 3.63) is 53.6 Å². The predicted octanol–water partition coefficient (Wildman–Crippen LogP) is 4.64. The molecule has 0 aromatic heterocycles. The molecule has 0 bridgehead atoms. The summed E-state index contributed by atoms with van der Waals surface area (Å²) in [6.07, 6.45) is 6.80. The van der Waals surface area contributed by atoms with Crippen LogP contribution in [0.3, 0.4) is 0 Å². The van der Waals surface area contributed by atoms with Crippen LogP contribution in [0.5, 0.6) is 0 Å². The fourth-order valence-corrected chi connectivity index (χ4v) is 5.97. The van der Waals surface area contributed by atoms with Crippen LogP contribution in [0.15, 0.2) is 47.4 Å². The molecule has 0 radical (unpaired) electrons. The highest BCUT2D eigenvalue weighted by atomic mass is 32.2. The number of amides is 1. The maximum atomic E-state index is 13.2. The van der Waals surface area contributed by atoms with E-state index in [0.29, 0.717) is 29.3 Å². The molecule has 1 unspecified atom stereocenters. The lowest BCUT2D eigenvalue weighted by molar-refractivity contribution is 0.0990. The lowest BCUT2D eigenvalue weighted by atomic mass is 10.1. The topological polar surface area (TPSA) is 107 Å². The number of carbonyl (C=O) groups excluding carboxylic acids is 1. The summed E-state index contributed by atoms with van der Waals surface area (Å²) in [6, 6.07) is 11.8. The zero-order chi connectivity index (χ0) is 23.4. The molecule has 0 aliphatic carbocycles. The van der Waals surface area contributed by atoms with Crippen LogP contribution in [-0.2, 0) is 26.2 Å². The van der Waals surface area contributed by atoms with Gasteiger partial charge < -0.3 is 4.90 Å². The van der Waals surface area contributed by atoms with Crippen molar-refractivity contribution in [3.8, 4) is 0 Å². The van der Waals surface area contributed by atoms with Crippen molar-refractivity contribution in [2.45, 2.75) is 50.3 Å². The third kappa shape index (κ3) is 5.89. The van der Waals surface area contributed by atoms with Gasteiger partial charge in [0.25, 0.3) is 5.91 Å². The van der Waals surface area contributed by atoms with E-state index in [1.807, 2.05) is 0 Å². The second kappa shape index (κ2) is 10.0. The number of sulfonamides is 1. The van der Waals surface area contributed by atoms with E-state index in [1.165, 1.54) is 0 Å². The van der Waals surface area contributed by atoms with Crippen LogP contribution in [0.1, 0.15) is 54.9 Å². The van der Waals surface area contributed by atoms with Crippen LogP contribution in [0.4, 0.5) is 11.4 Å². The summed E-state index contributed by atoms with van der Waals surface area (Å²) in [6.45, 7) is 2.59. The normalized spacial score (nSPS) is 15.2. The molecule has 1 aliphatic rings. The minimum absolute atomic E-state index is 0.238. The molecular weight excluding hydrogens is 446 g/mol. The van der Waals surface area contributed by atoms with E-state index in [-0.39, 0.29) is 17.2 Å². The summed E-state index contributed by atoms with van der Waals surface area (Å²) in [5.74, 6) is 0.0497. The van der Waals surface area contributed by atoms with Gasteiger partial charge in [-0.25, -0.2) is 17.4 Å². The first-order valence-electron chi connectivity index (χ1n) is 10.9. The number of anilines is 2. The third-order valence-corrected chi connectivity index (χ3v) is 8.03. The highest BCUT2D eigenvalue weighted by molar-refractivity contribution is 7.92. The molecule has 0 fully saturated rings. The van der Waals surface area contributed by atoms with Crippen LogP contribution in [0.2, 0.25) is 0 Å². The van der Waals surface area contributed by atoms with Crippen molar-refractivity contribution in [3.63, 3.8) is 0 Å². The molecule has 3 rings (SSSR count). The number of nitrogens with zero attached hydrogens (tertiary/aromatic N) is 1. The zero-order valence-electron chi connectivity index (χ0n) is 18.6. The Hall–Kier alpha value is -2.39. The Morgan fingerprint density at radius 1 is 1.06 bits per heavy atom. The first-order chi connectivity index (χ1) is 15.1. The molecule has 0 saturated carbocycles. The van der Waals surface area contributed by atoms with Gasteiger partial charge in [0.1, 0.15) is 0 Å². The van der Waals surface area contributed by atoms with Crippen molar-refractivity contribution in [2.75, 3.05) is 28.2 Å². The molecule has 0 spiro atoms. The fraction of sp³-hybridized carbons (Fsp3) is 0.435. The smallest absolute Gasteiger partial charge is 0.260 e. The molecule has 2 aromatic carbocycles. The second-order valence-corrected chi connectivity index (χ2v) is 12.2. The highest BCUT2D eigenvalue weighted by Gasteiger charge is 2.28. The van der Waals surface area contributed by atoms with E-state index >= 15 is 0 Å². The number of hydrogen-bond acceptors (Lipinski definition) is 5. The van der Waals surface area contributed by atoms with Gasteiger partial charge in [0, 0.05) is 22.9 Å². The summed E-state index contributed by atoms with van der Waals surface area (Å²) < 4.78 is 47.1. The first-order valence-corrected chi connectivity index (χ1v) is 14.5. The Morgan fingerprint density at radius 3 is 2.50 bits per heavy atom. The van der Waals surface area contributed by atoms with Gasteiger partial charge in [-0.15, -0.1) is 0 Å². The summed E-state index contributed by atoms with van der Waals surface area (Å²) in [5.41, 5.74) is 2.11. The van der Waals surface area contributed by atoms with Gasteiger partial charge in [-0.3, -0.25) is 9.52 Å². The number of carbonyl (C=O) groups is 1. The highest BCUT2D eigenvalue weighted by Crippen LogP contribution is 2.33. The number of benzene rings is 2. The van der Waals surface area contributed by atoms with Crippen molar-refractivity contribution < 1.29 is 17.4 Å². The van der Waals surface area contributed by atoms with Crippen LogP contribution < -0.4 is 9.62 Å². The van der Waals surface area contributed by atoms with E-state index in [4.69, 9.17) is 4.78 Å². The third-order valence-electron chi connectivity index (χ3n) is 5.56. The lowest BCUT2D eigenvalue weighted by Crippen LogP contribution is -2.30. The number of rotatable bonds is 10. The predicted molar refractivity (Wildman–Crippen MR) is 129 cm³/mol. The SMILES string of the molecule is CCCCCCCS(=N)(=O)c1ccc2c(c1)CCN2C(=O)c1ccccc1NS(C)(=O)=O. The molecular formula is C23H31N3O4S2. The van der Waals surface area contributed by atoms with E-state index in [1.54, 1.807) is 47.4 Å². The maximum Gasteiger partial charge on any atom is 0.260 e. The molecule has 1 amide bonds. The lowest BCUT2D eigenvalue weighted by Gasteiger charge is -2.20. The van der Waals surface area contributed by atoms with Crippen molar-refractivity contribution in [1.29, 1.82) is 4.78 Å². The van der Waals surface area contributed by atoms with Crippen LogP contribution in [-0.4, -0.2) is 37.1 Å². The van der Waals surface area contributed by atoms with Gasteiger partial charge in [0.05, 0.1) is 27.2 Å². The van der Waals surface area contributed by atoms with Crippen LogP contribution >= 0.6 is 0 Å². The number of unbranched alkanes of at least 4 members (excludes halogenated alkanes) is 4. The number of para-hydroxylation sites is 1. The van der Waals surface area contributed by atoms with Crippen molar-refractivity contribution in [2.24, 2.45) is 0 Å². The molecule has 1 aliphatic heterocycles. The Bertz CT molecular complexity index is 1190. The Morgan fingerprint density at radius 2 is 1.78 bits per heavy atom. The average Bonchev–Trinajstić information content (AvgIpc) is 3.15. The largest absolute Gasteiger partial charge is 0.308 e. The molecule has 9 heteroatoms. The van der Waals surface area contributed by atoms with Gasteiger partial charge >= 0.3 is 0 Å². The minimum atomic E-state index is -3.53. The molecule has 1 atom stereocenters. The molecule has 1 heterocycles. The monoisotopic (exact) mass is 477 g/mol. The summed E-state index contributed by atoms with van der Waals surface area (Å²) in [7, 11) is -6.39. The molecule has 2 aromatic rings. The first kappa shape index (κ1) is 24.3. The van der Waals surface area contributed by atoms with Crippen LogP contribution in [0, 0.1) is 4.78 Å². The quantitative estimate of drug-likeness (QED) is 0.486. The molecule has 0 saturated heterocycles. The van der Waals surface area contributed by atoms with Crippen molar-refractivity contribution in [1.82, 2.24) is 0 Å². The minimum Gasteiger partial charge on any atom is -0.308 e. The van der Waals surface area contributed by atoms with Gasteiger partial charge in [-0.05, 0) is 48.7 Å². The van der Waals surface area contributed by atoms with E-state index in [9.17, 15) is 17.4 Å². The Balaban J connectivity index is 1.78. The summed E-state index contributed by atoms with van der Waals surface area (Å²) in [4.78, 5) is 15.3. The molecule has 174 valence electrons. The summed E-state index contributed by atoms with van der Waals surface area (Å²) in [5, 5.41) is 0. The van der Waals surface area contributed by atoms with Gasteiger partial charge in [0.2, 0.25) is 10.0 Å². The molecule has 2 N–H and O–H groups in total. The van der Waals surface area contributed by atoms with Gasteiger partial charge in [-0.1, -0.05) is 44.7 Å². The van der Waals surface area contributed by atoms with E-state index in [2.05, 4.69) is 11.6 Å². The molecule has 32 heavy (non-hydrogen) atoms. The Kier molecular flexibility index (Phi) is 7.61. The van der Waals surface area contributed by atoms with E-state index < -0.39 is 19.8 Å². The van der Waals surface area contributed by atoms with Crippen molar-refractivity contribution >= 4 is 37.0 Å². The summed E-state index contributed by atoms with van der Waals surface area (Å²) >= 11 is 0. The van der Waals surface area contributed by atoms with Crippen LogP contribution in [0.25, 0.3) is 0 Å². The van der Waals surface area contributed by atoms with Gasteiger partial charge in [-0.2, -0.15) is 0 Å².